The first-order valence-corrected chi connectivity index (χ1v) is 5.82. The summed E-state index contributed by atoms with van der Waals surface area (Å²) in [5.74, 6) is 1.35. The molecule has 0 radical (unpaired) electrons. The van der Waals surface area contributed by atoms with Crippen molar-refractivity contribution >= 4 is 11.6 Å². The highest BCUT2D eigenvalue weighted by molar-refractivity contribution is 6.32. The molecule has 0 amide bonds. The molecule has 3 N–H and O–H groups in total. The van der Waals surface area contributed by atoms with Crippen LogP contribution in [0.1, 0.15) is 30.9 Å². The summed E-state index contributed by atoms with van der Waals surface area (Å²) in [5, 5.41) is 10.2. The van der Waals surface area contributed by atoms with Gasteiger partial charge in [0, 0.05) is 6.04 Å². The first-order valence-electron chi connectivity index (χ1n) is 5.44. The van der Waals surface area contributed by atoms with Crippen LogP contribution in [0.25, 0.3) is 0 Å². The molecular formula is C12H16ClNO2. The van der Waals surface area contributed by atoms with E-state index in [-0.39, 0.29) is 11.8 Å². The first kappa shape index (κ1) is 11.6. The minimum absolute atomic E-state index is 0.0502. The molecule has 0 aromatic heterocycles. The van der Waals surface area contributed by atoms with E-state index < -0.39 is 0 Å². The molecule has 0 heterocycles. The largest absolute Gasteiger partial charge is 0.506 e. The fourth-order valence-electron chi connectivity index (χ4n) is 1.93. The fourth-order valence-corrected chi connectivity index (χ4v) is 2.09. The molecule has 1 aliphatic rings. The van der Waals surface area contributed by atoms with E-state index in [0.717, 1.165) is 6.42 Å². The van der Waals surface area contributed by atoms with Gasteiger partial charge in [-0.2, -0.15) is 0 Å². The molecule has 3 nitrogen and oxygen atoms in total. The van der Waals surface area contributed by atoms with Gasteiger partial charge < -0.3 is 15.6 Å². The van der Waals surface area contributed by atoms with Gasteiger partial charge in [0.1, 0.15) is 11.5 Å². The van der Waals surface area contributed by atoms with Gasteiger partial charge in [-0.25, -0.2) is 0 Å². The highest BCUT2D eigenvalue weighted by atomic mass is 35.5. The minimum atomic E-state index is -0.207. The van der Waals surface area contributed by atoms with Gasteiger partial charge in [0.05, 0.1) is 17.7 Å². The lowest BCUT2D eigenvalue weighted by Crippen LogP contribution is -2.12. The van der Waals surface area contributed by atoms with Crippen LogP contribution in [0.4, 0.5) is 0 Å². The van der Waals surface area contributed by atoms with E-state index in [4.69, 9.17) is 22.1 Å². The zero-order valence-corrected chi connectivity index (χ0v) is 10.00. The van der Waals surface area contributed by atoms with Crippen molar-refractivity contribution in [3.05, 3.63) is 22.7 Å². The van der Waals surface area contributed by atoms with Crippen molar-refractivity contribution in [2.24, 2.45) is 11.7 Å². The Kier molecular flexibility index (Phi) is 3.26. The van der Waals surface area contributed by atoms with Gasteiger partial charge in [-0.1, -0.05) is 24.4 Å². The van der Waals surface area contributed by atoms with Gasteiger partial charge in [-0.15, -0.1) is 0 Å². The zero-order valence-electron chi connectivity index (χ0n) is 9.24. The van der Waals surface area contributed by atoms with Crippen LogP contribution in [0.5, 0.6) is 11.5 Å². The van der Waals surface area contributed by atoms with Crippen molar-refractivity contribution in [1.29, 1.82) is 0 Å². The van der Waals surface area contributed by atoms with Crippen molar-refractivity contribution < 1.29 is 9.84 Å². The SMILES string of the molecule is COc1ccc(Cl)c(O)c1[C@@H](N)CC1CC1. The van der Waals surface area contributed by atoms with Crippen molar-refractivity contribution in [3.8, 4) is 11.5 Å². The molecule has 0 saturated heterocycles. The van der Waals surface area contributed by atoms with Gasteiger partial charge in [0.15, 0.2) is 0 Å². The Bertz CT molecular complexity index is 391. The van der Waals surface area contributed by atoms with E-state index in [0.29, 0.717) is 22.3 Å². The number of hydrogen-bond donors (Lipinski definition) is 2. The van der Waals surface area contributed by atoms with Crippen LogP contribution in [0, 0.1) is 5.92 Å². The maximum atomic E-state index is 9.92. The normalized spacial score (nSPS) is 17.2. The van der Waals surface area contributed by atoms with Gasteiger partial charge >= 0.3 is 0 Å². The third-order valence-electron chi connectivity index (χ3n) is 3.00. The molecule has 0 bridgehead atoms. The number of halogens is 1. The number of rotatable bonds is 4. The monoisotopic (exact) mass is 241 g/mol. The Balaban J connectivity index is 2.31. The van der Waals surface area contributed by atoms with Gasteiger partial charge in [0.25, 0.3) is 0 Å². The fraction of sp³-hybridized carbons (Fsp3) is 0.500. The number of benzene rings is 1. The van der Waals surface area contributed by atoms with E-state index in [1.807, 2.05) is 0 Å². The van der Waals surface area contributed by atoms with E-state index >= 15 is 0 Å². The lowest BCUT2D eigenvalue weighted by Gasteiger charge is -2.17. The molecule has 88 valence electrons. The van der Waals surface area contributed by atoms with Crippen molar-refractivity contribution in [2.75, 3.05) is 7.11 Å². The summed E-state index contributed by atoms with van der Waals surface area (Å²) in [6.45, 7) is 0. The average Bonchev–Trinajstić information content (AvgIpc) is 3.05. The minimum Gasteiger partial charge on any atom is -0.506 e. The molecular weight excluding hydrogens is 226 g/mol. The van der Waals surface area contributed by atoms with E-state index in [1.165, 1.54) is 12.8 Å². The van der Waals surface area contributed by atoms with Crippen LogP contribution in [0.3, 0.4) is 0 Å². The molecule has 16 heavy (non-hydrogen) atoms. The van der Waals surface area contributed by atoms with Crippen LogP contribution < -0.4 is 10.5 Å². The van der Waals surface area contributed by atoms with Crippen molar-refractivity contribution in [2.45, 2.75) is 25.3 Å². The molecule has 1 fully saturated rings. The third kappa shape index (κ3) is 2.25. The van der Waals surface area contributed by atoms with Crippen molar-refractivity contribution in [3.63, 3.8) is 0 Å². The topological polar surface area (TPSA) is 55.5 Å². The lowest BCUT2D eigenvalue weighted by molar-refractivity contribution is 0.389. The summed E-state index contributed by atoms with van der Waals surface area (Å²) in [6, 6.07) is 3.15. The molecule has 2 rings (SSSR count). The molecule has 1 aromatic rings. The van der Waals surface area contributed by atoms with Crippen LogP contribution in [0.2, 0.25) is 5.02 Å². The number of phenols is 1. The Hall–Kier alpha value is -0.930. The zero-order chi connectivity index (χ0) is 11.7. The second-order valence-corrected chi connectivity index (χ2v) is 4.70. The maximum Gasteiger partial charge on any atom is 0.142 e. The Morgan fingerprint density at radius 3 is 2.81 bits per heavy atom. The Morgan fingerprint density at radius 2 is 2.25 bits per heavy atom. The Morgan fingerprint density at radius 1 is 1.56 bits per heavy atom. The number of aromatic hydroxyl groups is 1. The Labute approximate surface area is 100 Å². The predicted octanol–water partition coefficient (Wildman–Crippen LogP) is 2.85. The van der Waals surface area contributed by atoms with Crippen LogP contribution in [-0.2, 0) is 0 Å². The summed E-state index contributed by atoms with van der Waals surface area (Å²) < 4.78 is 5.21. The second-order valence-electron chi connectivity index (χ2n) is 4.30. The quantitative estimate of drug-likeness (QED) is 0.852. The third-order valence-corrected chi connectivity index (χ3v) is 3.31. The van der Waals surface area contributed by atoms with E-state index in [9.17, 15) is 5.11 Å². The summed E-state index contributed by atoms with van der Waals surface area (Å²) in [6.07, 6.45) is 3.35. The van der Waals surface area contributed by atoms with Crippen LogP contribution in [0.15, 0.2) is 12.1 Å². The van der Waals surface area contributed by atoms with Gasteiger partial charge in [0.2, 0.25) is 0 Å². The van der Waals surface area contributed by atoms with E-state index in [2.05, 4.69) is 0 Å². The van der Waals surface area contributed by atoms with Crippen molar-refractivity contribution in [1.82, 2.24) is 0 Å². The van der Waals surface area contributed by atoms with Crippen LogP contribution >= 0.6 is 11.6 Å². The summed E-state index contributed by atoms with van der Waals surface area (Å²) in [5.41, 5.74) is 6.71. The van der Waals surface area contributed by atoms with Gasteiger partial charge in [-0.3, -0.25) is 0 Å². The van der Waals surface area contributed by atoms with E-state index in [1.54, 1.807) is 19.2 Å². The molecule has 4 heteroatoms. The standard InChI is InChI=1S/C12H16ClNO2/c1-16-10-5-4-8(13)12(15)11(10)9(14)6-7-2-3-7/h4-5,7,9,15H,2-3,6,14H2,1H3/t9-/m0/s1. The summed E-state index contributed by atoms with van der Waals surface area (Å²) >= 11 is 5.88. The maximum absolute atomic E-state index is 9.92. The second kappa shape index (κ2) is 4.52. The number of methoxy groups -OCH3 is 1. The molecule has 0 unspecified atom stereocenters. The highest BCUT2D eigenvalue weighted by Crippen LogP contribution is 2.43. The number of ether oxygens (including phenoxy) is 1. The molecule has 1 aliphatic carbocycles. The molecule has 1 atom stereocenters. The predicted molar refractivity (Wildman–Crippen MR) is 63.9 cm³/mol. The summed E-state index contributed by atoms with van der Waals surface area (Å²) in [4.78, 5) is 0. The number of nitrogens with two attached hydrogens (primary N) is 1. The molecule has 0 spiro atoms. The molecule has 1 saturated carbocycles. The summed E-state index contributed by atoms with van der Waals surface area (Å²) in [7, 11) is 1.57. The number of phenolic OH excluding ortho intramolecular Hbond substituents is 1. The number of hydrogen-bond acceptors (Lipinski definition) is 3. The smallest absolute Gasteiger partial charge is 0.142 e. The van der Waals surface area contributed by atoms with Crippen LogP contribution in [-0.4, -0.2) is 12.2 Å². The van der Waals surface area contributed by atoms with Gasteiger partial charge in [-0.05, 0) is 24.5 Å². The lowest BCUT2D eigenvalue weighted by atomic mass is 10.00. The molecule has 0 aliphatic heterocycles. The molecule has 1 aromatic carbocycles. The average molecular weight is 242 g/mol. The highest BCUT2D eigenvalue weighted by Gasteiger charge is 2.27. The first-order chi connectivity index (χ1) is 7.63.